The number of piperidine rings is 1. The Bertz CT molecular complexity index is 1810. The minimum Gasteiger partial charge on any atom is -0.460 e. The van der Waals surface area contributed by atoms with Gasteiger partial charge in [0, 0.05) is 56.9 Å². The first-order chi connectivity index (χ1) is 31.7. The van der Waals surface area contributed by atoms with Gasteiger partial charge >= 0.3 is 5.97 Å². The largest absolute Gasteiger partial charge is 0.460 e. The maximum Gasteiger partial charge on any atom is 0.329 e. The maximum atomic E-state index is 14.7. The highest BCUT2D eigenvalue weighted by Gasteiger charge is 2.53. The molecule has 5 rings (SSSR count). The first-order valence-corrected chi connectivity index (χ1v) is 26.8. The van der Waals surface area contributed by atoms with Crippen LogP contribution in [0.3, 0.4) is 0 Å². The summed E-state index contributed by atoms with van der Waals surface area (Å²) in [5, 5.41) is 45.3. The van der Waals surface area contributed by atoms with Gasteiger partial charge in [-0.1, -0.05) is 71.1 Å². The number of esters is 1. The van der Waals surface area contributed by atoms with Gasteiger partial charge in [0.25, 0.3) is 11.7 Å². The number of Topliss-reactive ketones (excluding diaryl/α,β-unsaturated/α-hetero) is 2. The molecule has 0 aromatic carbocycles. The van der Waals surface area contributed by atoms with Crippen LogP contribution in [-0.4, -0.2) is 140 Å². The van der Waals surface area contributed by atoms with Crippen LogP contribution in [0.2, 0.25) is 0 Å². The summed E-state index contributed by atoms with van der Waals surface area (Å²) in [6.07, 6.45) is 12.5. The minimum atomic E-state index is -2.40. The number of nitrogens with zero attached hydrogens (tertiary/aromatic N) is 1. The van der Waals surface area contributed by atoms with Crippen LogP contribution >= 0.6 is 23.5 Å². The number of aliphatic hydroxyl groups excluding tert-OH is 3. The molecule has 2 bridgehead atoms. The third-order valence-corrected chi connectivity index (χ3v) is 19.1. The molecular formula is C52H81NO12S2. The number of amides is 1. The number of carbonyl (C=O) groups is 4. The molecule has 0 unspecified atom stereocenters. The summed E-state index contributed by atoms with van der Waals surface area (Å²) in [6, 6.07) is -1.05. The quantitative estimate of drug-likeness (QED) is 0.124. The van der Waals surface area contributed by atoms with Gasteiger partial charge in [-0.2, -0.15) is 0 Å². The van der Waals surface area contributed by atoms with Gasteiger partial charge in [0.2, 0.25) is 5.79 Å². The predicted octanol–water partition coefficient (Wildman–Crippen LogP) is 7.13. The molecule has 15 heteroatoms. The number of ether oxygens (including phenoxy) is 4. The Kier molecular flexibility index (Phi) is 20.9. The van der Waals surface area contributed by atoms with Crippen molar-refractivity contribution in [3.05, 3.63) is 47.6 Å². The topological polar surface area (TPSA) is 189 Å². The second-order valence-electron chi connectivity index (χ2n) is 20.4. The molecule has 0 aromatic heterocycles. The van der Waals surface area contributed by atoms with Crippen LogP contribution in [0.5, 0.6) is 0 Å². The van der Waals surface area contributed by atoms with Crippen LogP contribution < -0.4 is 0 Å². The molecule has 4 fully saturated rings. The number of hydrogen-bond donors (Lipinski definition) is 4. The molecule has 0 aromatic rings. The third-order valence-electron chi connectivity index (χ3n) is 15.3. The normalized spacial score (nSPS) is 40.6. The Labute approximate surface area is 408 Å². The molecule has 1 saturated carbocycles. The first-order valence-electron chi connectivity index (χ1n) is 24.8. The van der Waals surface area contributed by atoms with E-state index in [1.54, 1.807) is 58.5 Å². The second kappa shape index (κ2) is 25.2. The van der Waals surface area contributed by atoms with Crippen molar-refractivity contribution in [1.82, 2.24) is 4.90 Å². The number of rotatable bonds is 5. The van der Waals surface area contributed by atoms with Crippen molar-refractivity contribution in [1.29, 1.82) is 0 Å². The lowest BCUT2D eigenvalue weighted by Crippen LogP contribution is -2.61. The summed E-state index contributed by atoms with van der Waals surface area (Å²) in [5.74, 6) is -5.13. The van der Waals surface area contributed by atoms with Crippen molar-refractivity contribution in [2.75, 3.05) is 32.3 Å². The van der Waals surface area contributed by atoms with E-state index in [4.69, 9.17) is 18.9 Å². The van der Waals surface area contributed by atoms with Crippen molar-refractivity contribution in [2.24, 2.45) is 35.5 Å². The highest BCUT2D eigenvalue weighted by molar-refractivity contribution is 8.21. The molecule has 1 aliphatic carbocycles. The zero-order chi connectivity index (χ0) is 49.2. The molecular weight excluding hydrogens is 895 g/mol. The number of hydrogen-bond acceptors (Lipinski definition) is 14. The summed E-state index contributed by atoms with van der Waals surface area (Å²) in [4.78, 5) is 58.3. The molecule has 4 aliphatic heterocycles. The lowest BCUT2D eigenvalue weighted by molar-refractivity contribution is -0.265. The van der Waals surface area contributed by atoms with Gasteiger partial charge < -0.3 is 44.3 Å². The van der Waals surface area contributed by atoms with Crippen molar-refractivity contribution >= 4 is 47.0 Å². The van der Waals surface area contributed by atoms with Gasteiger partial charge in [0.05, 0.1) is 28.5 Å². The fourth-order valence-electron chi connectivity index (χ4n) is 10.9. The van der Waals surface area contributed by atoms with Gasteiger partial charge in [0.1, 0.15) is 24.4 Å². The van der Waals surface area contributed by atoms with Crippen LogP contribution in [0.25, 0.3) is 0 Å². The van der Waals surface area contributed by atoms with Crippen LogP contribution in [0.1, 0.15) is 126 Å². The number of cyclic esters (lactones) is 1. The average Bonchev–Trinajstić information content (AvgIpc) is 3.80. The zero-order valence-electron chi connectivity index (χ0n) is 41.5. The van der Waals surface area contributed by atoms with E-state index in [2.05, 4.69) is 13.8 Å². The van der Waals surface area contributed by atoms with Crippen molar-refractivity contribution < 1.29 is 58.6 Å². The Balaban J connectivity index is 1.51. The Morgan fingerprint density at radius 1 is 0.851 bits per heavy atom. The van der Waals surface area contributed by atoms with Crippen molar-refractivity contribution in [3.8, 4) is 0 Å². The van der Waals surface area contributed by atoms with Crippen molar-refractivity contribution in [3.63, 3.8) is 0 Å². The molecule has 67 heavy (non-hydrogen) atoms. The summed E-state index contributed by atoms with van der Waals surface area (Å²) >= 11 is 3.54. The van der Waals surface area contributed by atoms with E-state index in [1.807, 2.05) is 50.3 Å². The number of methoxy groups -OCH3 is 2. The van der Waals surface area contributed by atoms with E-state index in [0.717, 1.165) is 23.5 Å². The van der Waals surface area contributed by atoms with Crippen LogP contribution in [-0.2, 0) is 38.1 Å². The van der Waals surface area contributed by atoms with E-state index in [1.165, 1.54) is 4.90 Å². The molecule has 4 N–H and O–H groups in total. The number of ketones is 2. The SMILES string of the molecule is CO[C@H]1C[C@@H]2CC[C@@H](C)[C@@](O)(O2)C(=O)C(=O)N2CCCC[C@H]2C(=O)O[C@H]([C@H](C)C[C@@H]2CC[C@@H](O)[C@H](OC)C2)CC2(SCCS2)[C@H](C)/C=C(\C)[C@@H](O)[C@@H](O)C(=O)[C@H](C)C[C@H](C)/C=C/C=C/C=C1C. The second-order valence-corrected chi connectivity index (χ2v) is 23.5. The number of thioether (sulfide) groups is 2. The minimum absolute atomic E-state index is 0.00389. The highest BCUT2D eigenvalue weighted by atomic mass is 32.2. The summed E-state index contributed by atoms with van der Waals surface area (Å²) in [7, 11) is 3.20. The Morgan fingerprint density at radius 3 is 2.25 bits per heavy atom. The van der Waals surface area contributed by atoms with Crippen LogP contribution in [0, 0.1) is 35.5 Å². The highest BCUT2D eigenvalue weighted by Crippen LogP contribution is 2.54. The molecule has 3 saturated heterocycles. The lowest BCUT2D eigenvalue weighted by atomic mass is 9.78. The smallest absolute Gasteiger partial charge is 0.329 e. The molecule has 378 valence electrons. The molecule has 5 aliphatic rings. The van der Waals surface area contributed by atoms with Gasteiger partial charge in [-0.05, 0) is 113 Å². The summed E-state index contributed by atoms with van der Waals surface area (Å²) < 4.78 is 23.8. The summed E-state index contributed by atoms with van der Waals surface area (Å²) in [5.41, 5.74) is 1.37. The molecule has 4 heterocycles. The van der Waals surface area contributed by atoms with Crippen molar-refractivity contribution in [2.45, 2.75) is 184 Å². The standard InChI is InChI=1S/C52H81NO12S2/c1-31-15-11-10-12-16-32(2)42(62-8)29-39-20-18-36(6)52(61,65-39)48(58)49(59)53-22-14-13-17-40(53)50(60)64-44(33(3)27-38-19-21-41(54)43(28-38)63-9)30-51(66-23-24-67-51)37(7)26-35(5)46(56)47(57)45(55)34(4)25-31/h10-12,15-16,26,31,33-34,36-44,46-47,54,56-57,61H,13-14,17-25,27-30H2,1-9H3/b12-10+,15-11+,32-16?,35-26+/t31-,33-,34-,36-,37-,38+,39+,40+,41-,42+,43-,44+,46-,47+,52-/m1/s1. The number of aliphatic hydroxyl groups is 4. The molecule has 1 amide bonds. The fourth-order valence-corrected chi connectivity index (χ4v) is 14.3. The fraction of sp³-hybridized carbons (Fsp3) is 0.769. The van der Waals surface area contributed by atoms with E-state index in [-0.39, 0.29) is 36.3 Å². The van der Waals surface area contributed by atoms with E-state index < -0.39 is 87.8 Å². The van der Waals surface area contributed by atoms with Crippen LogP contribution in [0.4, 0.5) is 0 Å². The Morgan fingerprint density at radius 2 is 1.57 bits per heavy atom. The predicted molar refractivity (Wildman–Crippen MR) is 263 cm³/mol. The van der Waals surface area contributed by atoms with E-state index >= 15 is 0 Å². The van der Waals surface area contributed by atoms with E-state index in [0.29, 0.717) is 76.2 Å². The number of allylic oxidation sites excluding steroid dienone is 6. The third kappa shape index (κ3) is 14.0. The molecule has 1 spiro atoms. The van der Waals surface area contributed by atoms with Crippen LogP contribution in [0.15, 0.2) is 47.6 Å². The molecule has 13 nitrogen and oxygen atoms in total. The monoisotopic (exact) mass is 976 g/mol. The number of fused-ring (bicyclic) bond motifs is 3. The first kappa shape index (κ1) is 55.6. The maximum absolute atomic E-state index is 14.7. The van der Waals surface area contributed by atoms with Gasteiger partial charge in [-0.15, -0.1) is 23.5 Å². The van der Waals surface area contributed by atoms with Gasteiger partial charge in [-0.3, -0.25) is 14.4 Å². The van der Waals surface area contributed by atoms with Gasteiger partial charge in [0.15, 0.2) is 5.78 Å². The lowest BCUT2D eigenvalue weighted by Gasteiger charge is -2.43. The molecule has 15 atom stereocenters. The zero-order valence-corrected chi connectivity index (χ0v) is 43.1. The van der Waals surface area contributed by atoms with Gasteiger partial charge in [-0.25, -0.2) is 4.79 Å². The Hall–Kier alpha value is -2.34. The summed E-state index contributed by atoms with van der Waals surface area (Å²) in [6.45, 7) is 13.4. The average molecular weight is 976 g/mol. The van der Waals surface area contributed by atoms with E-state index in [9.17, 15) is 39.6 Å². The molecule has 0 radical (unpaired) electrons. The number of carbonyl (C=O) groups excluding carboxylic acids is 4.